The minimum atomic E-state index is -4.59. The van der Waals surface area contributed by atoms with Crippen LogP contribution in [-0.2, 0) is 11.3 Å². The predicted molar refractivity (Wildman–Crippen MR) is 150 cm³/mol. The van der Waals surface area contributed by atoms with E-state index in [1.807, 2.05) is 0 Å². The third kappa shape index (κ3) is 6.93. The van der Waals surface area contributed by atoms with Crippen molar-refractivity contribution in [3.8, 4) is 0 Å². The van der Waals surface area contributed by atoms with Crippen LogP contribution >= 0.6 is 11.6 Å². The molecule has 2 N–H and O–H groups in total. The average molecular weight is 631 g/mol. The van der Waals surface area contributed by atoms with Crippen molar-refractivity contribution in [1.82, 2.24) is 29.5 Å². The molecule has 0 aliphatic carbocycles. The Balaban J connectivity index is 1.37. The molecule has 0 spiro atoms. The molecule has 234 valence electrons. The Hall–Kier alpha value is -3.30. The van der Waals surface area contributed by atoms with E-state index in [0.29, 0.717) is 43.6 Å². The van der Waals surface area contributed by atoms with Crippen molar-refractivity contribution < 1.29 is 31.9 Å². The zero-order valence-electron chi connectivity index (χ0n) is 23.4. The van der Waals surface area contributed by atoms with Crippen LogP contribution in [-0.4, -0.2) is 98.7 Å². The lowest BCUT2D eigenvalue weighted by atomic mass is 10.0. The highest BCUT2D eigenvalue weighted by molar-refractivity contribution is 6.30. The van der Waals surface area contributed by atoms with Crippen LogP contribution < -0.4 is 10.2 Å². The lowest BCUT2D eigenvalue weighted by Gasteiger charge is -2.38. The number of aliphatic hydroxyl groups is 1. The van der Waals surface area contributed by atoms with Gasteiger partial charge in [-0.1, -0.05) is 11.6 Å². The number of aromatic nitrogens is 4. The number of carbonyl (C=O) groups excluding carboxylic acids is 1. The first-order chi connectivity index (χ1) is 20.4. The van der Waals surface area contributed by atoms with E-state index in [1.54, 1.807) is 16.8 Å². The second kappa shape index (κ2) is 12.7. The SMILES string of the molecule is CN(C(=O)C1CCCN1CCCO)C1CCN(c2nc(Nc3c(F)cc(Cl)cc3F)c3cnn(CC(F)(F)F)c3n2)CC1. The molecule has 0 bridgehead atoms. The van der Waals surface area contributed by atoms with Crippen molar-refractivity contribution in [2.45, 2.75) is 56.9 Å². The largest absolute Gasteiger partial charge is 0.408 e. The number of alkyl halides is 3. The van der Waals surface area contributed by atoms with Crippen molar-refractivity contribution in [2.24, 2.45) is 0 Å². The number of likely N-dealkylation sites (tertiary alicyclic amines) is 1. The monoisotopic (exact) mass is 630 g/mol. The Morgan fingerprint density at radius 1 is 1.14 bits per heavy atom. The van der Waals surface area contributed by atoms with Crippen molar-refractivity contribution >= 4 is 46.0 Å². The number of likely N-dealkylation sites (N-methyl/N-ethyl adjacent to an activating group) is 1. The minimum absolute atomic E-state index is 0.0288. The van der Waals surface area contributed by atoms with Gasteiger partial charge in [0, 0.05) is 44.4 Å². The number of rotatable bonds is 9. The van der Waals surface area contributed by atoms with Crippen LogP contribution in [0.2, 0.25) is 5.02 Å². The summed E-state index contributed by atoms with van der Waals surface area (Å²) in [5.74, 6) is -2.04. The molecular weight excluding hydrogens is 599 g/mol. The standard InChI is InChI=1S/C27H32ClF5N8O2/c1-38(25(43)21-4-2-7-39(21)8-3-11-42)17-5-9-40(10-6-17)26-36-23(35-22-19(29)12-16(28)13-20(22)30)18-14-34-41(24(18)37-26)15-27(31,32)33/h12-14,17,21,42H,2-11,15H2,1H3,(H,35,36,37). The third-order valence-electron chi connectivity index (χ3n) is 7.96. The number of nitrogens with one attached hydrogen (secondary N) is 1. The predicted octanol–water partition coefficient (Wildman–Crippen LogP) is 4.34. The van der Waals surface area contributed by atoms with Gasteiger partial charge < -0.3 is 20.2 Å². The van der Waals surface area contributed by atoms with Gasteiger partial charge in [-0.2, -0.15) is 28.2 Å². The zero-order chi connectivity index (χ0) is 30.9. The van der Waals surface area contributed by atoms with Crippen molar-refractivity contribution in [1.29, 1.82) is 0 Å². The highest BCUT2D eigenvalue weighted by atomic mass is 35.5. The van der Waals surface area contributed by atoms with Gasteiger partial charge in [0.1, 0.15) is 18.1 Å². The van der Waals surface area contributed by atoms with E-state index in [9.17, 15) is 31.9 Å². The quantitative estimate of drug-likeness (QED) is 0.337. The molecule has 2 saturated heterocycles. The van der Waals surface area contributed by atoms with Crippen molar-refractivity contribution in [2.75, 3.05) is 50.1 Å². The Labute approximate surface area is 249 Å². The minimum Gasteiger partial charge on any atom is -0.396 e. The van der Waals surface area contributed by atoms with Gasteiger partial charge in [0.2, 0.25) is 11.9 Å². The fourth-order valence-corrected chi connectivity index (χ4v) is 5.95. The fraction of sp³-hybridized carbons (Fsp3) is 0.556. The highest BCUT2D eigenvalue weighted by Gasteiger charge is 2.36. The fourth-order valence-electron chi connectivity index (χ4n) is 5.76. The number of amides is 1. The first kappa shape index (κ1) is 31.1. The van der Waals surface area contributed by atoms with Crippen LogP contribution in [0.15, 0.2) is 18.3 Å². The molecule has 0 saturated carbocycles. The lowest BCUT2D eigenvalue weighted by molar-refractivity contribution is -0.142. The molecule has 10 nitrogen and oxygen atoms in total. The summed E-state index contributed by atoms with van der Waals surface area (Å²) < 4.78 is 69.7. The Kier molecular flexibility index (Phi) is 9.23. The summed E-state index contributed by atoms with van der Waals surface area (Å²) in [4.78, 5) is 27.8. The summed E-state index contributed by atoms with van der Waals surface area (Å²) >= 11 is 5.73. The summed E-state index contributed by atoms with van der Waals surface area (Å²) in [6, 6.07) is 1.51. The van der Waals surface area contributed by atoms with E-state index in [2.05, 4.69) is 25.3 Å². The molecule has 2 aliphatic heterocycles. The molecule has 1 atom stereocenters. The second-order valence-corrected chi connectivity index (χ2v) is 11.3. The van der Waals surface area contributed by atoms with E-state index in [4.69, 9.17) is 11.6 Å². The van der Waals surface area contributed by atoms with Crippen molar-refractivity contribution in [3.63, 3.8) is 0 Å². The maximum atomic E-state index is 14.6. The third-order valence-corrected chi connectivity index (χ3v) is 8.18. The smallest absolute Gasteiger partial charge is 0.396 e. The van der Waals surface area contributed by atoms with Crippen LogP contribution in [0.1, 0.15) is 32.1 Å². The number of hydrogen-bond donors (Lipinski definition) is 2. The van der Waals surface area contributed by atoms with Gasteiger partial charge in [-0.05, 0) is 50.8 Å². The number of piperidine rings is 1. The Morgan fingerprint density at radius 3 is 2.49 bits per heavy atom. The molecule has 1 aromatic carbocycles. The maximum Gasteiger partial charge on any atom is 0.408 e. The van der Waals surface area contributed by atoms with Gasteiger partial charge in [-0.25, -0.2) is 13.5 Å². The first-order valence-electron chi connectivity index (χ1n) is 14.0. The summed E-state index contributed by atoms with van der Waals surface area (Å²) in [5, 5.41) is 15.4. The molecule has 5 rings (SSSR count). The number of fused-ring (bicyclic) bond motifs is 1. The number of halogens is 6. The number of anilines is 3. The molecule has 3 aromatic rings. The molecule has 4 heterocycles. The summed E-state index contributed by atoms with van der Waals surface area (Å²) in [7, 11) is 1.78. The van der Waals surface area contributed by atoms with Gasteiger partial charge in [0.15, 0.2) is 17.3 Å². The first-order valence-corrected chi connectivity index (χ1v) is 14.4. The van der Waals surface area contributed by atoms with E-state index >= 15 is 0 Å². The number of carbonyl (C=O) groups is 1. The summed E-state index contributed by atoms with van der Waals surface area (Å²) in [6.07, 6.45) is -0.0914. The van der Waals surface area contributed by atoms with Gasteiger partial charge in [-0.15, -0.1) is 0 Å². The van der Waals surface area contributed by atoms with E-state index in [-0.39, 0.29) is 52.4 Å². The van der Waals surface area contributed by atoms with E-state index in [0.717, 1.165) is 37.7 Å². The lowest BCUT2D eigenvalue weighted by Crippen LogP contribution is -2.51. The van der Waals surface area contributed by atoms with E-state index in [1.165, 1.54) is 0 Å². The van der Waals surface area contributed by atoms with Crippen LogP contribution in [0.4, 0.5) is 39.4 Å². The molecule has 1 unspecified atom stereocenters. The van der Waals surface area contributed by atoms with Crippen molar-refractivity contribution in [3.05, 3.63) is 35.0 Å². The molecule has 2 aromatic heterocycles. The zero-order valence-corrected chi connectivity index (χ0v) is 24.2. The molecule has 0 radical (unpaired) electrons. The molecule has 16 heteroatoms. The number of benzene rings is 1. The maximum absolute atomic E-state index is 14.6. The van der Waals surface area contributed by atoms with Crippen LogP contribution in [0.3, 0.4) is 0 Å². The molecule has 2 fully saturated rings. The topological polar surface area (TPSA) is 103 Å². The van der Waals surface area contributed by atoms with Crippen LogP contribution in [0, 0.1) is 11.6 Å². The summed E-state index contributed by atoms with van der Waals surface area (Å²) in [5.41, 5.74) is -0.726. The van der Waals surface area contributed by atoms with E-state index < -0.39 is 30.0 Å². The normalized spacial score (nSPS) is 18.5. The number of nitrogens with zero attached hydrogens (tertiary/aromatic N) is 7. The van der Waals surface area contributed by atoms with Gasteiger partial charge >= 0.3 is 6.18 Å². The number of hydrogen-bond acceptors (Lipinski definition) is 8. The Bertz CT molecular complexity index is 1440. The highest BCUT2D eigenvalue weighted by Crippen LogP contribution is 2.32. The molecular formula is C27H32ClF5N8O2. The molecule has 43 heavy (non-hydrogen) atoms. The van der Waals surface area contributed by atoms with Gasteiger partial charge in [-0.3, -0.25) is 9.69 Å². The van der Waals surface area contributed by atoms with Crippen LogP contribution in [0.25, 0.3) is 11.0 Å². The summed E-state index contributed by atoms with van der Waals surface area (Å²) in [6.45, 7) is 0.906. The molecule has 1 amide bonds. The number of aliphatic hydroxyl groups excluding tert-OH is 1. The second-order valence-electron chi connectivity index (χ2n) is 10.8. The molecule has 2 aliphatic rings. The van der Waals surface area contributed by atoms with Gasteiger partial charge in [0.25, 0.3) is 0 Å². The van der Waals surface area contributed by atoms with Crippen LogP contribution in [0.5, 0.6) is 0 Å². The average Bonchev–Trinajstić information content (AvgIpc) is 3.59. The van der Waals surface area contributed by atoms with Gasteiger partial charge in [0.05, 0.1) is 17.6 Å². The Morgan fingerprint density at radius 2 is 1.84 bits per heavy atom.